The number of carbonyl (C=O) groups excluding carboxylic acids is 1. The molecule has 0 fully saturated rings. The highest BCUT2D eigenvalue weighted by atomic mass is 35.5. The first-order chi connectivity index (χ1) is 11.1. The smallest absolute Gasteiger partial charge is 0.252 e. The lowest BCUT2D eigenvalue weighted by Gasteiger charge is -2.16. The molecular weight excluding hydrogens is 308 g/mol. The summed E-state index contributed by atoms with van der Waals surface area (Å²) in [4.78, 5) is 17.2. The van der Waals surface area contributed by atoms with Crippen molar-refractivity contribution in [1.29, 1.82) is 0 Å². The molecule has 1 unspecified atom stereocenters. The summed E-state index contributed by atoms with van der Waals surface area (Å²) in [7, 11) is 0. The molecule has 1 atom stereocenters. The lowest BCUT2D eigenvalue weighted by molar-refractivity contribution is 0.0941. The summed E-state index contributed by atoms with van der Waals surface area (Å²) >= 11 is 6.21. The fraction of sp³-hybridized carbons (Fsp3) is 0.158. The maximum atomic E-state index is 12.7. The molecule has 0 bridgehead atoms. The second kappa shape index (κ2) is 6.39. The summed E-state index contributed by atoms with van der Waals surface area (Å²) < 4.78 is 0. The third kappa shape index (κ3) is 3.20. The molecule has 4 heteroatoms. The van der Waals surface area contributed by atoms with Crippen LogP contribution in [0, 0.1) is 6.92 Å². The van der Waals surface area contributed by atoms with E-state index in [1.165, 1.54) is 0 Å². The third-order valence-corrected chi connectivity index (χ3v) is 4.15. The molecule has 3 aromatic rings. The molecule has 0 aliphatic rings. The number of para-hydroxylation sites is 1. The Kier molecular flexibility index (Phi) is 4.30. The number of rotatable bonds is 3. The van der Waals surface area contributed by atoms with Crippen molar-refractivity contribution >= 4 is 28.4 Å². The SMILES string of the molecule is Cc1cc(C(=O)NC(C)c2ccccc2Cl)c2ccccc2n1. The highest BCUT2D eigenvalue weighted by Crippen LogP contribution is 2.24. The second-order valence-electron chi connectivity index (χ2n) is 5.55. The maximum absolute atomic E-state index is 12.7. The maximum Gasteiger partial charge on any atom is 0.252 e. The molecule has 1 amide bonds. The Morgan fingerprint density at radius 2 is 1.83 bits per heavy atom. The van der Waals surface area contributed by atoms with Gasteiger partial charge in [-0.3, -0.25) is 9.78 Å². The van der Waals surface area contributed by atoms with E-state index in [2.05, 4.69) is 10.3 Å². The first kappa shape index (κ1) is 15.5. The highest BCUT2D eigenvalue weighted by molar-refractivity contribution is 6.31. The fourth-order valence-corrected chi connectivity index (χ4v) is 2.97. The number of carbonyl (C=O) groups is 1. The molecule has 1 aromatic heterocycles. The largest absolute Gasteiger partial charge is 0.345 e. The Labute approximate surface area is 140 Å². The average molecular weight is 325 g/mol. The van der Waals surface area contributed by atoms with Crippen LogP contribution in [0.4, 0.5) is 0 Å². The molecule has 2 aromatic carbocycles. The first-order valence-electron chi connectivity index (χ1n) is 7.48. The summed E-state index contributed by atoms with van der Waals surface area (Å²) in [6, 6.07) is 16.8. The van der Waals surface area contributed by atoms with Crippen LogP contribution in [0.25, 0.3) is 10.9 Å². The van der Waals surface area contributed by atoms with Crippen LogP contribution in [0.1, 0.15) is 34.6 Å². The zero-order valence-electron chi connectivity index (χ0n) is 13.0. The Bertz CT molecular complexity index is 876. The van der Waals surface area contributed by atoms with E-state index >= 15 is 0 Å². The molecule has 23 heavy (non-hydrogen) atoms. The zero-order chi connectivity index (χ0) is 16.4. The summed E-state index contributed by atoms with van der Waals surface area (Å²) in [5, 5.41) is 4.52. The minimum atomic E-state index is -0.177. The van der Waals surface area contributed by atoms with Crippen LogP contribution in [0.15, 0.2) is 54.6 Å². The van der Waals surface area contributed by atoms with Gasteiger partial charge in [0.05, 0.1) is 17.1 Å². The van der Waals surface area contributed by atoms with Gasteiger partial charge < -0.3 is 5.32 Å². The number of benzene rings is 2. The molecule has 0 saturated carbocycles. The molecule has 0 spiro atoms. The van der Waals surface area contributed by atoms with Crippen LogP contribution >= 0.6 is 11.6 Å². The van der Waals surface area contributed by atoms with Gasteiger partial charge in [-0.15, -0.1) is 0 Å². The first-order valence-corrected chi connectivity index (χ1v) is 7.86. The minimum absolute atomic E-state index is 0.126. The molecule has 0 aliphatic carbocycles. The quantitative estimate of drug-likeness (QED) is 0.759. The monoisotopic (exact) mass is 324 g/mol. The van der Waals surface area contributed by atoms with Gasteiger partial charge in [0.2, 0.25) is 0 Å². The van der Waals surface area contributed by atoms with Gasteiger partial charge >= 0.3 is 0 Å². The van der Waals surface area contributed by atoms with E-state index in [-0.39, 0.29) is 11.9 Å². The minimum Gasteiger partial charge on any atom is -0.345 e. The lowest BCUT2D eigenvalue weighted by Crippen LogP contribution is -2.27. The second-order valence-corrected chi connectivity index (χ2v) is 5.95. The third-order valence-electron chi connectivity index (χ3n) is 3.81. The van der Waals surface area contributed by atoms with Gasteiger partial charge in [-0.1, -0.05) is 48.0 Å². The van der Waals surface area contributed by atoms with Gasteiger partial charge in [0.25, 0.3) is 5.91 Å². The predicted octanol–water partition coefficient (Wildman–Crippen LogP) is 4.69. The van der Waals surface area contributed by atoms with E-state index in [1.807, 2.05) is 68.4 Å². The number of halogens is 1. The van der Waals surface area contributed by atoms with Gasteiger partial charge in [0.1, 0.15) is 0 Å². The molecule has 3 rings (SSSR count). The number of aromatic nitrogens is 1. The van der Waals surface area contributed by atoms with E-state index in [9.17, 15) is 4.79 Å². The van der Waals surface area contributed by atoms with Crippen LogP contribution in [-0.4, -0.2) is 10.9 Å². The van der Waals surface area contributed by atoms with Gasteiger partial charge in [-0.25, -0.2) is 0 Å². The van der Waals surface area contributed by atoms with E-state index < -0.39 is 0 Å². The number of amides is 1. The van der Waals surface area contributed by atoms with E-state index in [0.717, 1.165) is 22.2 Å². The zero-order valence-corrected chi connectivity index (χ0v) is 13.8. The Hall–Kier alpha value is -2.39. The number of nitrogens with one attached hydrogen (secondary N) is 1. The van der Waals surface area contributed by atoms with Crippen molar-refractivity contribution in [1.82, 2.24) is 10.3 Å². The number of hydrogen-bond donors (Lipinski definition) is 1. The van der Waals surface area contributed by atoms with Crippen LogP contribution < -0.4 is 5.32 Å². The van der Waals surface area contributed by atoms with E-state index in [4.69, 9.17) is 11.6 Å². The van der Waals surface area contributed by atoms with Crippen molar-refractivity contribution in [3.63, 3.8) is 0 Å². The standard InChI is InChI=1S/C19H17ClN2O/c1-12-11-16(15-8-4-6-10-18(15)21-12)19(23)22-13(2)14-7-3-5-9-17(14)20/h3-11,13H,1-2H3,(H,22,23). The summed E-state index contributed by atoms with van der Waals surface area (Å²) in [6.45, 7) is 3.82. The van der Waals surface area contributed by atoms with Crippen molar-refractivity contribution in [2.45, 2.75) is 19.9 Å². The highest BCUT2D eigenvalue weighted by Gasteiger charge is 2.16. The Morgan fingerprint density at radius 3 is 2.61 bits per heavy atom. The van der Waals surface area contributed by atoms with Crippen LogP contribution in [-0.2, 0) is 0 Å². The van der Waals surface area contributed by atoms with Crippen molar-refractivity contribution in [3.05, 3.63) is 76.4 Å². The fourth-order valence-electron chi connectivity index (χ4n) is 2.67. The molecule has 1 heterocycles. The summed E-state index contributed by atoms with van der Waals surface area (Å²) in [5.41, 5.74) is 3.17. The van der Waals surface area contributed by atoms with E-state index in [1.54, 1.807) is 0 Å². The normalized spacial score (nSPS) is 12.1. The van der Waals surface area contributed by atoms with Gasteiger partial charge in [0.15, 0.2) is 0 Å². The molecule has 0 radical (unpaired) electrons. The van der Waals surface area contributed by atoms with Crippen LogP contribution in [0.2, 0.25) is 5.02 Å². The average Bonchev–Trinajstić information content (AvgIpc) is 2.54. The molecular formula is C19H17ClN2O. The molecule has 1 N–H and O–H groups in total. The number of nitrogens with zero attached hydrogens (tertiary/aromatic N) is 1. The van der Waals surface area contributed by atoms with Crippen LogP contribution in [0.3, 0.4) is 0 Å². The predicted molar refractivity (Wildman–Crippen MR) is 93.8 cm³/mol. The number of hydrogen-bond acceptors (Lipinski definition) is 2. The van der Waals surface area contributed by atoms with Crippen molar-refractivity contribution in [2.75, 3.05) is 0 Å². The number of fused-ring (bicyclic) bond motifs is 1. The summed E-state index contributed by atoms with van der Waals surface area (Å²) in [5.74, 6) is -0.126. The Balaban J connectivity index is 1.94. The van der Waals surface area contributed by atoms with E-state index in [0.29, 0.717) is 10.6 Å². The van der Waals surface area contributed by atoms with Crippen LogP contribution in [0.5, 0.6) is 0 Å². The molecule has 3 nitrogen and oxygen atoms in total. The lowest BCUT2D eigenvalue weighted by atomic mass is 10.0. The topological polar surface area (TPSA) is 42.0 Å². The van der Waals surface area contributed by atoms with Crippen molar-refractivity contribution in [3.8, 4) is 0 Å². The van der Waals surface area contributed by atoms with Gasteiger partial charge in [-0.05, 0) is 37.6 Å². The van der Waals surface area contributed by atoms with Crippen molar-refractivity contribution < 1.29 is 4.79 Å². The number of aryl methyl sites for hydroxylation is 1. The van der Waals surface area contributed by atoms with Gasteiger partial charge in [-0.2, -0.15) is 0 Å². The van der Waals surface area contributed by atoms with Crippen molar-refractivity contribution in [2.24, 2.45) is 0 Å². The molecule has 0 aliphatic heterocycles. The Morgan fingerprint density at radius 1 is 1.13 bits per heavy atom. The molecule has 116 valence electrons. The summed E-state index contributed by atoms with van der Waals surface area (Å²) in [6.07, 6.45) is 0. The van der Waals surface area contributed by atoms with Gasteiger partial charge in [0, 0.05) is 16.1 Å². The number of pyridine rings is 1. The molecule has 0 saturated heterocycles.